The smallest absolute Gasteiger partial charge is 0.321 e. The van der Waals surface area contributed by atoms with E-state index in [1.807, 2.05) is 0 Å². The highest BCUT2D eigenvalue weighted by Gasteiger charge is 2.29. The van der Waals surface area contributed by atoms with Crippen molar-refractivity contribution in [1.82, 2.24) is 26.6 Å². The number of hydrogen-bond donors (Lipinski definition) is 10. The fourth-order valence-corrected chi connectivity index (χ4v) is 5.44. The van der Waals surface area contributed by atoms with E-state index in [4.69, 9.17) is 16.2 Å². The number of carbonyl (C=O) groups excluding carboxylic acids is 3. The minimum absolute atomic E-state index is 0.0582. The highest BCUT2D eigenvalue weighted by molar-refractivity contribution is 7.80. The van der Waals surface area contributed by atoms with Crippen molar-refractivity contribution < 1.29 is 34.1 Å². The quantitative estimate of drug-likeness (QED) is 0.0396. The Kier molecular flexibility index (Phi) is 19.2. The molecule has 1 aromatic rings. The maximum absolute atomic E-state index is 13.0. The highest BCUT2D eigenvalue weighted by atomic mass is 32.1. The van der Waals surface area contributed by atoms with Crippen LogP contribution in [0.2, 0.25) is 0 Å². The molecule has 1 saturated heterocycles. The molecule has 0 saturated carbocycles. The number of hydrogen-bond acceptors (Lipinski definition) is 11. The second-order valence-corrected chi connectivity index (χ2v) is 11.9. The van der Waals surface area contributed by atoms with E-state index in [0.717, 1.165) is 37.4 Å². The van der Waals surface area contributed by atoms with Gasteiger partial charge in [0.25, 0.3) is 0 Å². The average molecular weight is 668 g/mol. The van der Waals surface area contributed by atoms with Crippen LogP contribution in [0.15, 0.2) is 24.3 Å². The molecule has 0 aliphatic carbocycles. The predicted octanol–water partition coefficient (Wildman–Crippen LogP) is -0.758. The van der Waals surface area contributed by atoms with E-state index in [0.29, 0.717) is 38.2 Å². The van der Waals surface area contributed by atoms with Crippen LogP contribution in [0, 0.1) is 5.92 Å². The Labute approximate surface area is 276 Å². The Morgan fingerprint density at radius 3 is 2.33 bits per heavy atom. The average Bonchev–Trinajstić information content (AvgIpc) is 3.06. The number of aliphatic carboxylic acids is 1. The zero-order valence-corrected chi connectivity index (χ0v) is 27.4. The van der Waals surface area contributed by atoms with Gasteiger partial charge in [-0.25, -0.2) is 0 Å². The zero-order chi connectivity index (χ0) is 33.7. The van der Waals surface area contributed by atoms with Crippen molar-refractivity contribution in [2.24, 2.45) is 17.4 Å². The van der Waals surface area contributed by atoms with Crippen molar-refractivity contribution in [3.05, 3.63) is 29.8 Å². The number of rotatable bonds is 23. The van der Waals surface area contributed by atoms with Crippen LogP contribution in [0.25, 0.3) is 0 Å². The lowest BCUT2D eigenvalue weighted by Gasteiger charge is -2.29. The summed E-state index contributed by atoms with van der Waals surface area (Å²) in [4.78, 5) is 48.6. The van der Waals surface area contributed by atoms with Gasteiger partial charge >= 0.3 is 5.97 Å². The van der Waals surface area contributed by atoms with Gasteiger partial charge in [0.05, 0.1) is 25.7 Å². The summed E-state index contributed by atoms with van der Waals surface area (Å²) in [6, 6.07) is 4.09. The molecule has 0 radical (unpaired) electrons. The highest BCUT2D eigenvalue weighted by Crippen LogP contribution is 2.19. The molecule has 3 amide bonds. The lowest BCUT2D eigenvalue weighted by Crippen LogP contribution is -2.59. The lowest BCUT2D eigenvalue weighted by atomic mass is 9.93. The largest absolute Gasteiger partial charge is 0.494 e. The number of carboxylic acids is 1. The molecule has 260 valence electrons. The molecule has 15 heteroatoms. The van der Waals surface area contributed by atoms with Gasteiger partial charge in [-0.1, -0.05) is 25.0 Å². The SMILES string of the molecule is NCCCCC(NC(=O)C(CS)NC(=O)CNC(=O)CN)C(O)NC(Cc1ccc(OCCCCC2CCNCC2)cc1)C(=O)O. The molecule has 14 nitrogen and oxygen atoms in total. The normalized spacial score (nSPS) is 16.1. The third kappa shape index (κ3) is 15.6. The molecule has 0 bridgehead atoms. The molecule has 1 aliphatic rings. The minimum atomic E-state index is -1.42. The Hall–Kier alpha value is -2.95. The van der Waals surface area contributed by atoms with Crippen LogP contribution in [-0.4, -0.2) is 103 Å². The first-order valence-corrected chi connectivity index (χ1v) is 16.8. The number of piperidine rings is 1. The van der Waals surface area contributed by atoms with Crippen molar-refractivity contribution in [1.29, 1.82) is 0 Å². The van der Waals surface area contributed by atoms with Crippen LogP contribution in [0.3, 0.4) is 0 Å². The van der Waals surface area contributed by atoms with E-state index in [1.54, 1.807) is 24.3 Å². The van der Waals surface area contributed by atoms with Crippen molar-refractivity contribution in [2.75, 3.05) is 45.1 Å². The summed E-state index contributed by atoms with van der Waals surface area (Å²) < 4.78 is 5.88. The summed E-state index contributed by atoms with van der Waals surface area (Å²) in [7, 11) is 0. The fraction of sp³-hybridized carbons (Fsp3) is 0.677. The third-order valence-corrected chi connectivity index (χ3v) is 8.28. The Bertz CT molecular complexity index is 1060. The molecule has 1 heterocycles. The number of carboxylic acid groups (broad SMARTS) is 1. The Morgan fingerprint density at radius 1 is 0.978 bits per heavy atom. The molecule has 4 atom stereocenters. The van der Waals surface area contributed by atoms with Crippen LogP contribution in [0.1, 0.15) is 56.9 Å². The van der Waals surface area contributed by atoms with E-state index >= 15 is 0 Å². The molecular weight excluding hydrogens is 614 g/mol. The Balaban J connectivity index is 1.91. The maximum Gasteiger partial charge on any atom is 0.321 e. The predicted molar refractivity (Wildman–Crippen MR) is 178 cm³/mol. The Morgan fingerprint density at radius 2 is 1.70 bits per heavy atom. The molecule has 4 unspecified atom stereocenters. The summed E-state index contributed by atoms with van der Waals surface area (Å²) in [5.41, 5.74) is 11.6. The maximum atomic E-state index is 13.0. The summed E-state index contributed by atoms with van der Waals surface area (Å²) in [6.07, 6.45) is 5.95. The first kappa shape index (κ1) is 39.2. The van der Waals surface area contributed by atoms with Crippen molar-refractivity contribution in [3.63, 3.8) is 0 Å². The van der Waals surface area contributed by atoms with E-state index in [-0.39, 0.29) is 25.3 Å². The number of nitrogens with one attached hydrogen (secondary N) is 5. The molecule has 46 heavy (non-hydrogen) atoms. The number of thiol groups is 1. The molecular formula is C31H53N7O7S. The number of ether oxygens (including phenoxy) is 1. The standard InChI is InChI=1S/C31H53N7O7S/c32-13-3-1-6-24(37-30(42)26(20-46)36-28(40)19-35-27(39)18-33)29(41)38-25(31(43)44)17-22-7-9-23(10-8-22)45-16-4-2-5-21-11-14-34-15-12-21/h7-10,21,24-26,29,34,38,41,46H,1-6,11-20,32-33H2,(H,35,39)(H,36,40)(H,37,42)(H,43,44). The molecule has 1 aliphatic heterocycles. The van der Waals surface area contributed by atoms with Crippen molar-refractivity contribution in [2.45, 2.75) is 82.1 Å². The van der Waals surface area contributed by atoms with E-state index in [2.05, 4.69) is 39.2 Å². The van der Waals surface area contributed by atoms with Crippen LogP contribution in [0.5, 0.6) is 5.75 Å². The second kappa shape index (κ2) is 22.6. The summed E-state index contributed by atoms with van der Waals surface area (Å²) in [5, 5.41) is 34.5. The third-order valence-electron chi connectivity index (χ3n) is 7.91. The molecule has 1 fully saturated rings. The molecule has 1 aromatic carbocycles. The van der Waals surface area contributed by atoms with Gasteiger partial charge in [-0.15, -0.1) is 0 Å². The molecule has 0 spiro atoms. The van der Waals surface area contributed by atoms with Gasteiger partial charge < -0.3 is 47.7 Å². The second-order valence-electron chi connectivity index (χ2n) is 11.6. The topological polar surface area (TPSA) is 230 Å². The number of amides is 3. The number of aliphatic hydroxyl groups is 1. The first-order chi connectivity index (χ1) is 22.2. The number of carbonyl (C=O) groups is 4. The fourth-order valence-electron chi connectivity index (χ4n) is 5.18. The van der Waals surface area contributed by atoms with Crippen molar-refractivity contribution in [3.8, 4) is 5.75 Å². The first-order valence-electron chi connectivity index (χ1n) is 16.1. The molecule has 2 rings (SSSR count). The van der Waals surface area contributed by atoms with Gasteiger partial charge in [-0.3, -0.25) is 24.5 Å². The summed E-state index contributed by atoms with van der Waals surface area (Å²) in [5.74, 6) is -1.49. The van der Waals surface area contributed by atoms with Crippen LogP contribution < -0.4 is 42.8 Å². The van der Waals surface area contributed by atoms with Gasteiger partial charge in [0, 0.05) is 5.75 Å². The van der Waals surface area contributed by atoms with E-state index in [9.17, 15) is 29.4 Å². The number of unbranched alkanes of at least 4 members (excludes halogenated alkanes) is 2. The van der Waals surface area contributed by atoms with Gasteiger partial charge in [-0.2, -0.15) is 12.6 Å². The zero-order valence-electron chi connectivity index (χ0n) is 26.5. The van der Waals surface area contributed by atoms with Crippen molar-refractivity contribution >= 4 is 36.3 Å². The van der Waals surface area contributed by atoms with Crippen LogP contribution in [0.4, 0.5) is 0 Å². The van der Waals surface area contributed by atoms with E-state index in [1.165, 1.54) is 19.3 Å². The number of aliphatic hydroxyl groups excluding tert-OH is 1. The lowest BCUT2D eigenvalue weighted by molar-refractivity contribution is -0.140. The monoisotopic (exact) mass is 667 g/mol. The van der Waals surface area contributed by atoms with Gasteiger partial charge in [-0.05, 0) is 88.2 Å². The van der Waals surface area contributed by atoms with Crippen LogP contribution >= 0.6 is 12.6 Å². The minimum Gasteiger partial charge on any atom is -0.494 e. The number of nitrogens with two attached hydrogens (primary N) is 2. The summed E-state index contributed by atoms with van der Waals surface area (Å²) >= 11 is 4.14. The van der Waals surface area contributed by atoms with Gasteiger partial charge in [0.1, 0.15) is 24.1 Å². The van der Waals surface area contributed by atoms with Gasteiger partial charge in [0.15, 0.2) is 0 Å². The summed E-state index contributed by atoms with van der Waals surface area (Å²) in [6.45, 7) is 2.59. The van der Waals surface area contributed by atoms with E-state index < -0.39 is 48.0 Å². The van der Waals surface area contributed by atoms with Gasteiger partial charge in [0.2, 0.25) is 17.7 Å². The molecule has 11 N–H and O–H groups in total. The number of benzene rings is 1. The molecule has 0 aromatic heterocycles. The van der Waals surface area contributed by atoms with Crippen LogP contribution in [-0.2, 0) is 25.6 Å².